The maximum atomic E-state index is 12.6. The number of aryl methyl sites for hydroxylation is 1. The van der Waals surface area contributed by atoms with Gasteiger partial charge in [-0.15, -0.1) is 0 Å². The molecule has 1 aromatic heterocycles. The molecule has 0 bridgehead atoms. The molecule has 0 saturated carbocycles. The van der Waals surface area contributed by atoms with Crippen LogP contribution in [0.5, 0.6) is 5.75 Å². The third kappa shape index (κ3) is 3.13. The Morgan fingerprint density at radius 2 is 1.62 bits per heavy atom. The van der Waals surface area contributed by atoms with Crippen molar-refractivity contribution in [1.29, 1.82) is 0 Å². The van der Waals surface area contributed by atoms with Crippen molar-refractivity contribution in [2.24, 2.45) is 0 Å². The first-order valence-electron chi connectivity index (χ1n) is 7.96. The predicted octanol–water partition coefficient (Wildman–Crippen LogP) is 1.93. The number of nitrogens with one attached hydrogen (secondary N) is 1. The number of benzene rings is 1. The maximum absolute atomic E-state index is 12.6. The van der Waals surface area contributed by atoms with Crippen LogP contribution in [0, 0.1) is 6.92 Å². The lowest BCUT2D eigenvalue weighted by molar-refractivity contribution is 0.0535. The highest BCUT2D eigenvalue weighted by molar-refractivity contribution is 5.96. The number of aromatic nitrogens is 1. The van der Waals surface area contributed by atoms with Crippen molar-refractivity contribution in [1.82, 2.24) is 14.8 Å². The van der Waals surface area contributed by atoms with E-state index in [9.17, 15) is 9.59 Å². The number of aromatic amines is 1. The standard InChI is InChI=1S/C18H21N3O3/c1-13-11-14(3-4-16(13)24-2)17(22)20-7-9-21(10-8-20)18(23)15-5-6-19-12-15/h3-6,11-12,19H,7-10H2,1-2H3. The molecule has 0 spiro atoms. The second-order valence-electron chi connectivity index (χ2n) is 5.87. The smallest absolute Gasteiger partial charge is 0.255 e. The van der Waals surface area contributed by atoms with Crippen LogP contribution in [0.25, 0.3) is 0 Å². The fourth-order valence-electron chi connectivity index (χ4n) is 2.95. The van der Waals surface area contributed by atoms with Crippen molar-refractivity contribution in [3.05, 3.63) is 53.3 Å². The Labute approximate surface area is 141 Å². The van der Waals surface area contributed by atoms with Gasteiger partial charge in [-0.1, -0.05) is 0 Å². The number of methoxy groups -OCH3 is 1. The summed E-state index contributed by atoms with van der Waals surface area (Å²) >= 11 is 0. The summed E-state index contributed by atoms with van der Waals surface area (Å²) in [6, 6.07) is 7.21. The number of rotatable bonds is 3. The Balaban J connectivity index is 1.63. The third-order valence-electron chi connectivity index (χ3n) is 4.34. The molecule has 0 aliphatic carbocycles. The molecule has 1 aliphatic heterocycles. The van der Waals surface area contributed by atoms with Crippen molar-refractivity contribution < 1.29 is 14.3 Å². The topological polar surface area (TPSA) is 65.6 Å². The van der Waals surface area contributed by atoms with Gasteiger partial charge in [-0.2, -0.15) is 0 Å². The van der Waals surface area contributed by atoms with E-state index >= 15 is 0 Å². The van der Waals surface area contributed by atoms with Crippen molar-refractivity contribution in [3.63, 3.8) is 0 Å². The minimum absolute atomic E-state index is 0.00337. The van der Waals surface area contributed by atoms with Crippen LogP contribution in [0.2, 0.25) is 0 Å². The summed E-state index contributed by atoms with van der Waals surface area (Å²) < 4.78 is 5.23. The average molecular weight is 327 g/mol. The number of nitrogens with zero attached hydrogens (tertiary/aromatic N) is 2. The van der Waals surface area contributed by atoms with E-state index in [1.54, 1.807) is 41.4 Å². The molecule has 2 aromatic rings. The van der Waals surface area contributed by atoms with Gasteiger partial charge in [0.05, 0.1) is 12.7 Å². The molecule has 1 saturated heterocycles. The average Bonchev–Trinajstić information content (AvgIpc) is 3.15. The minimum atomic E-state index is -0.00510. The SMILES string of the molecule is COc1ccc(C(=O)N2CCN(C(=O)c3cc[nH]c3)CC2)cc1C. The van der Waals surface area contributed by atoms with Crippen LogP contribution in [0.15, 0.2) is 36.7 Å². The summed E-state index contributed by atoms with van der Waals surface area (Å²) in [7, 11) is 1.62. The lowest BCUT2D eigenvalue weighted by Gasteiger charge is -2.34. The molecule has 24 heavy (non-hydrogen) atoms. The van der Waals surface area contributed by atoms with Gasteiger partial charge in [0.2, 0.25) is 0 Å². The van der Waals surface area contributed by atoms with E-state index in [-0.39, 0.29) is 11.8 Å². The summed E-state index contributed by atoms with van der Waals surface area (Å²) in [4.78, 5) is 31.4. The highest BCUT2D eigenvalue weighted by Crippen LogP contribution is 2.20. The predicted molar refractivity (Wildman–Crippen MR) is 90.3 cm³/mol. The molecule has 1 fully saturated rings. The minimum Gasteiger partial charge on any atom is -0.496 e. The van der Waals surface area contributed by atoms with Crippen molar-refractivity contribution in [3.8, 4) is 5.75 Å². The lowest BCUT2D eigenvalue weighted by atomic mass is 10.1. The highest BCUT2D eigenvalue weighted by atomic mass is 16.5. The van der Waals surface area contributed by atoms with Gasteiger partial charge in [0.15, 0.2) is 0 Å². The largest absolute Gasteiger partial charge is 0.496 e. The number of H-pyrrole nitrogens is 1. The van der Waals surface area contributed by atoms with Crippen LogP contribution in [0.4, 0.5) is 0 Å². The van der Waals surface area contributed by atoms with Crippen molar-refractivity contribution >= 4 is 11.8 Å². The molecule has 6 heteroatoms. The van der Waals surface area contributed by atoms with Gasteiger partial charge in [-0.3, -0.25) is 9.59 Å². The van der Waals surface area contributed by atoms with E-state index in [4.69, 9.17) is 4.74 Å². The first kappa shape index (κ1) is 16.1. The van der Waals surface area contributed by atoms with Gasteiger partial charge < -0.3 is 19.5 Å². The number of amides is 2. The van der Waals surface area contributed by atoms with Crippen LogP contribution in [0.1, 0.15) is 26.3 Å². The van der Waals surface area contributed by atoms with Crippen LogP contribution < -0.4 is 4.74 Å². The van der Waals surface area contributed by atoms with Gasteiger partial charge in [-0.25, -0.2) is 0 Å². The van der Waals surface area contributed by atoms with Gasteiger partial charge >= 0.3 is 0 Å². The molecule has 0 atom stereocenters. The zero-order valence-electron chi connectivity index (χ0n) is 13.9. The number of ether oxygens (including phenoxy) is 1. The summed E-state index contributed by atoms with van der Waals surface area (Å²) in [5.74, 6) is 0.770. The summed E-state index contributed by atoms with van der Waals surface area (Å²) in [5.41, 5.74) is 2.24. The van der Waals surface area contributed by atoms with Gasteiger partial charge in [0, 0.05) is 44.1 Å². The van der Waals surface area contributed by atoms with E-state index in [2.05, 4.69) is 4.98 Å². The Bertz CT molecular complexity index is 732. The van der Waals surface area contributed by atoms with E-state index < -0.39 is 0 Å². The van der Waals surface area contributed by atoms with Crippen molar-refractivity contribution in [2.45, 2.75) is 6.92 Å². The Kier molecular flexibility index (Phi) is 4.55. The van der Waals surface area contributed by atoms with Gasteiger partial charge in [0.25, 0.3) is 11.8 Å². The summed E-state index contributed by atoms with van der Waals surface area (Å²) in [6.45, 7) is 4.10. The molecule has 3 rings (SSSR count). The molecule has 1 aromatic carbocycles. The molecule has 0 radical (unpaired) electrons. The normalized spacial score (nSPS) is 14.6. The Hall–Kier alpha value is -2.76. The molecule has 2 heterocycles. The fourth-order valence-corrected chi connectivity index (χ4v) is 2.95. The first-order chi connectivity index (χ1) is 11.6. The number of hydrogen-bond acceptors (Lipinski definition) is 3. The Morgan fingerprint density at radius 1 is 1.00 bits per heavy atom. The molecule has 1 N–H and O–H groups in total. The maximum Gasteiger partial charge on any atom is 0.255 e. The molecule has 6 nitrogen and oxygen atoms in total. The number of hydrogen-bond donors (Lipinski definition) is 1. The van der Waals surface area contributed by atoms with Crippen LogP contribution in [-0.2, 0) is 0 Å². The molecular weight excluding hydrogens is 306 g/mol. The zero-order chi connectivity index (χ0) is 17.1. The Morgan fingerprint density at radius 3 is 2.12 bits per heavy atom. The number of carbonyl (C=O) groups is 2. The van der Waals surface area contributed by atoms with E-state index in [1.165, 1.54) is 0 Å². The van der Waals surface area contributed by atoms with E-state index in [0.717, 1.165) is 11.3 Å². The monoisotopic (exact) mass is 327 g/mol. The van der Waals surface area contributed by atoms with Gasteiger partial charge in [0.1, 0.15) is 5.75 Å². The summed E-state index contributed by atoms with van der Waals surface area (Å²) in [6.07, 6.45) is 3.43. The zero-order valence-corrected chi connectivity index (χ0v) is 13.9. The number of piperazine rings is 1. The third-order valence-corrected chi connectivity index (χ3v) is 4.34. The molecule has 0 unspecified atom stereocenters. The second-order valence-corrected chi connectivity index (χ2v) is 5.87. The molecule has 2 amide bonds. The summed E-state index contributed by atoms with van der Waals surface area (Å²) in [5, 5.41) is 0. The van der Waals surface area contributed by atoms with E-state index in [1.807, 2.05) is 19.1 Å². The van der Waals surface area contributed by atoms with Crippen LogP contribution in [-0.4, -0.2) is 59.9 Å². The quantitative estimate of drug-likeness (QED) is 0.937. The first-order valence-corrected chi connectivity index (χ1v) is 7.96. The number of carbonyl (C=O) groups excluding carboxylic acids is 2. The lowest BCUT2D eigenvalue weighted by Crippen LogP contribution is -2.50. The van der Waals surface area contributed by atoms with Crippen molar-refractivity contribution in [2.75, 3.05) is 33.3 Å². The van der Waals surface area contributed by atoms with Crippen LogP contribution >= 0.6 is 0 Å². The highest BCUT2D eigenvalue weighted by Gasteiger charge is 2.25. The molecule has 126 valence electrons. The van der Waals surface area contributed by atoms with Crippen LogP contribution in [0.3, 0.4) is 0 Å². The molecular formula is C18H21N3O3. The molecule has 1 aliphatic rings. The van der Waals surface area contributed by atoms with E-state index in [0.29, 0.717) is 37.3 Å². The van der Waals surface area contributed by atoms with Gasteiger partial charge in [-0.05, 0) is 36.8 Å². The second kappa shape index (κ2) is 6.78. The fraction of sp³-hybridized carbons (Fsp3) is 0.333.